The summed E-state index contributed by atoms with van der Waals surface area (Å²) in [7, 11) is 0. The summed E-state index contributed by atoms with van der Waals surface area (Å²) < 4.78 is 14.5. The number of benzene rings is 1. The number of pyridine rings is 1. The van der Waals surface area contributed by atoms with Crippen LogP contribution in [0, 0.1) is 24.1 Å². The van der Waals surface area contributed by atoms with Crippen LogP contribution in [0.4, 0.5) is 4.39 Å². The van der Waals surface area contributed by atoms with Gasteiger partial charge in [0.25, 0.3) is 5.56 Å². The molecule has 0 radical (unpaired) electrons. The third-order valence-corrected chi connectivity index (χ3v) is 5.49. The molecule has 1 aromatic carbocycles. The minimum Gasteiger partial charge on any atom is -0.348 e. The molecule has 1 fully saturated rings. The Morgan fingerprint density at radius 1 is 1.33 bits per heavy atom. The Morgan fingerprint density at radius 2 is 2.10 bits per heavy atom. The van der Waals surface area contributed by atoms with Crippen molar-refractivity contribution in [2.75, 3.05) is 0 Å². The van der Waals surface area contributed by atoms with Gasteiger partial charge in [-0.15, -0.1) is 5.10 Å². The Bertz CT molecular complexity index is 1240. The number of fused-ring (bicyclic) bond motifs is 1. The molecule has 0 spiro atoms. The van der Waals surface area contributed by atoms with Gasteiger partial charge in [-0.2, -0.15) is 10.4 Å². The predicted molar refractivity (Wildman–Crippen MR) is 108 cm³/mol. The number of halogens is 1. The van der Waals surface area contributed by atoms with Crippen molar-refractivity contribution < 1.29 is 9.18 Å². The lowest BCUT2D eigenvalue weighted by atomic mass is 9.95. The van der Waals surface area contributed by atoms with Crippen LogP contribution < -0.4 is 10.9 Å². The molecule has 152 valence electrons. The zero-order valence-electron chi connectivity index (χ0n) is 16.6. The standard InChI is InChI=1S/C22H20FN5O2/c1-11-15(9-19(29)25-12(2)17-7-5-14(10-24)27-28-17)22(30)26-18-8-6-16(23)21(20(11)18)13-3-4-13/h5-8,12-13H,3-4,9H2,1-2H3,(H,25,29)(H,26,30)/t12-/m0/s1. The van der Waals surface area contributed by atoms with Crippen molar-refractivity contribution in [3.05, 3.63) is 68.5 Å². The molecule has 3 aromatic rings. The molecule has 4 rings (SSSR count). The van der Waals surface area contributed by atoms with E-state index in [1.54, 1.807) is 26.0 Å². The maximum absolute atomic E-state index is 14.5. The molecule has 2 aromatic heterocycles. The molecule has 2 N–H and O–H groups in total. The average Bonchev–Trinajstić information content (AvgIpc) is 3.56. The molecule has 0 bridgehead atoms. The van der Waals surface area contributed by atoms with Gasteiger partial charge in [0.2, 0.25) is 5.91 Å². The number of carbonyl (C=O) groups excluding carboxylic acids is 1. The molecule has 1 amide bonds. The quantitative estimate of drug-likeness (QED) is 0.678. The van der Waals surface area contributed by atoms with Crippen LogP contribution in [-0.4, -0.2) is 21.1 Å². The van der Waals surface area contributed by atoms with E-state index in [0.29, 0.717) is 33.3 Å². The lowest BCUT2D eigenvalue weighted by Gasteiger charge is -2.15. The number of rotatable bonds is 5. The largest absolute Gasteiger partial charge is 0.348 e. The number of aromatic nitrogens is 3. The van der Waals surface area contributed by atoms with Crippen LogP contribution in [0.5, 0.6) is 0 Å². The van der Waals surface area contributed by atoms with Gasteiger partial charge in [0.15, 0.2) is 5.69 Å². The molecule has 1 atom stereocenters. The minimum atomic E-state index is -0.447. The summed E-state index contributed by atoms with van der Waals surface area (Å²) in [6.45, 7) is 3.51. The number of aromatic amines is 1. The Kier molecular flexibility index (Phi) is 5.04. The highest BCUT2D eigenvalue weighted by molar-refractivity contribution is 5.89. The number of hydrogen-bond acceptors (Lipinski definition) is 5. The SMILES string of the molecule is Cc1c(CC(=O)N[C@@H](C)c2ccc(C#N)nn2)c(=O)[nH]c2ccc(F)c(C3CC3)c12. The third kappa shape index (κ3) is 3.66. The first kappa shape index (κ1) is 19.7. The van der Waals surface area contributed by atoms with Crippen LogP contribution in [0.15, 0.2) is 29.1 Å². The first-order valence-corrected chi connectivity index (χ1v) is 9.76. The van der Waals surface area contributed by atoms with Gasteiger partial charge < -0.3 is 10.3 Å². The number of nitrogens with zero attached hydrogens (tertiary/aromatic N) is 3. The summed E-state index contributed by atoms with van der Waals surface area (Å²) in [6, 6.07) is 7.54. The van der Waals surface area contributed by atoms with Crippen molar-refractivity contribution in [3.63, 3.8) is 0 Å². The van der Waals surface area contributed by atoms with Gasteiger partial charge in [0.05, 0.1) is 18.2 Å². The average molecular weight is 405 g/mol. The molecule has 0 saturated heterocycles. The lowest BCUT2D eigenvalue weighted by molar-refractivity contribution is -0.121. The van der Waals surface area contributed by atoms with Crippen molar-refractivity contribution in [1.82, 2.24) is 20.5 Å². The first-order valence-electron chi connectivity index (χ1n) is 9.76. The second kappa shape index (κ2) is 7.67. The zero-order chi connectivity index (χ0) is 21.4. The topological polar surface area (TPSA) is 112 Å². The summed E-state index contributed by atoms with van der Waals surface area (Å²) in [6.07, 6.45) is 1.72. The summed E-state index contributed by atoms with van der Waals surface area (Å²) >= 11 is 0. The van der Waals surface area contributed by atoms with E-state index in [1.165, 1.54) is 12.1 Å². The van der Waals surface area contributed by atoms with Crippen LogP contribution >= 0.6 is 0 Å². The molecule has 1 aliphatic rings. The fourth-order valence-corrected chi connectivity index (χ4v) is 3.77. The van der Waals surface area contributed by atoms with Crippen molar-refractivity contribution in [2.24, 2.45) is 0 Å². The van der Waals surface area contributed by atoms with Gasteiger partial charge in [-0.25, -0.2) is 4.39 Å². The zero-order valence-corrected chi connectivity index (χ0v) is 16.6. The van der Waals surface area contributed by atoms with Crippen LogP contribution in [0.25, 0.3) is 10.9 Å². The number of hydrogen-bond donors (Lipinski definition) is 2. The number of amides is 1. The second-order valence-corrected chi connectivity index (χ2v) is 7.64. The van der Waals surface area contributed by atoms with Crippen LogP contribution in [0.2, 0.25) is 0 Å². The summed E-state index contributed by atoms with van der Waals surface area (Å²) in [5, 5.41) is 20.0. The molecule has 0 unspecified atom stereocenters. The van der Waals surface area contributed by atoms with Crippen molar-refractivity contribution in [3.8, 4) is 6.07 Å². The maximum Gasteiger partial charge on any atom is 0.252 e. The summed E-state index contributed by atoms with van der Waals surface area (Å²) in [4.78, 5) is 28.0. The van der Waals surface area contributed by atoms with Gasteiger partial charge in [-0.1, -0.05) is 0 Å². The summed E-state index contributed by atoms with van der Waals surface area (Å²) in [5.41, 5.74) is 2.52. The van der Waals surface area contributed by atoms with Gasteiger partial charge in [0.1, 0.15) is 11.9 Å². The summed E-state index contributed by atoms with van der Waals surface area (Å²) in [5.74, 6) is -0.468. The molecule has 2 heterocycles. The highest BCUT2D eigenvalue weighted by Crippen LogP contribution is 2.45. The third-order valence-electron chi connectivity index (χ3n) is 5.49. The highest BCUT2D eigenvalue weighted by atomic mass is 19.1. The monoisotopic (exact) mass is 405 g/mol. The Labute approximate surface area is 172 Å². The van der Waals surface area contributed by atoms with E-state index in [1.807, 2.05) is 6.07 Å². The van der Waals surface area contributed by atoms with Gasteiger partial charge in [-0.05, 0) is 62.4 Å². The van der Waals surface area contributed by atoms with Crippen LogP contribution in [-0.2, 0) is 11.2 Å². The number of H-pyrrole nitrogens is 1. The number of carbonyl (C=O) groups is 1. The van der Waals surface area contributed by atoms with Crippen LogP contribution in [0.1, 0.15) is 59.8 Å². The van der Waals surface area contributed by atoms with E-state index in [4.69, 9.17) is 5.26 Å². The van der Waals surface area contributed by atoms with E-state index >= 15 is 0 Å². The maximum atomic E-state index is 14.5. The number of aryl methyl sites for hydroxylation is 1. The van der Waals surface area contributed by atoms with Gasteiger partial charge >= 0.3 is 0 Å². The Hall–Kier alpha value is -3.60. The smallest absolute Gasteiger partial charge is 0.252 e. The van der Waals surface area contributed by atoms with Crippen LogP contribution in [0.3, 0.4) is 0 Å². The van der Waals surface area contributed by atoms with E-state index in [-0.39, 0.29) is 35.3 Å². The Balaban J connectivity index is 1.61. The van der Waals surface area contributed by atoms with Crippen molar-refractivity contribution in [1.29, 1.82) is 5.26 Å². The molecule has 0 aliphatic heterocycles. The van der Waals surface area contributed by atoms with Crippen molar-refractivity contribution in [2.45, 2.75) is 45.1 Å². The van der Waals surface area contributed by atoms with E-state index in [0.717, 1.165) is 12.8 Å². The number of nitrogens with one attached hydrogen (secondary N) is 2. The van der Waals surface area contributed by atoms with E-state index in [9.17, 15) is 14.0 Å². The molecule has 1 aliphatic carbocycles. The van der Waals surface area contributed by atoms with E-state index in [2.05, 4.69) is 20.5 Å². The molecular formula is C22H20FN5O2. The second-order valence-electron chi connectivity index (χ2n) is 7.64. The highest BCUT2D eigenvalue weighted by Gasteiger charge is 2.30. The Morgan fingerprint density at radius 3 is 2.73 bits per heavy atom. The van der Waals surface area contributed by atoms with Gasteiger partial charge in [-0.3, -0.25) is 9.59 Å². The first-order chi connectivity index (χ1) is 14.4. The predicted octanol–water partition coefficient (Wildman–Crippen LogP) is 2.93. The van der Waals surface area contributed by atoms with Gasteiger partial charge in [0, 0.05) is 22.0 Å². The molecule has 7 nitrogen and oxygen atoms in total. The fraction of sp³-hybridized carbons (Fsp3) is 0.318. The van der Waals surface area contributed by atoms with Crippen molar-refractivity contribution >= 4 is 16.8 Å². The molecule has 1 saturated carbocycles. The lowest BCUT2D eigenvalue weighted by Crippen LogP contribution is -2.31. The molecular weight excluding hydrogens is 385 g/mol. The molecule has 8 heteroatoms. The number of nitriles is 1. The van der Waals surface area contributed by atoms with E-state index < -0.39 is 6.04 Å². The normalized spacial score (nSPS) is 14.3. The molecule has 30 heavy (non-hydrogen) atoms. The fourth-order valence-electron chi connectivity index (χ4n) is 3.77. The minimum absolute atomic E-state index is 0.133.